The molecule has 104 valence electrons. The average molecular weight is 274 g/mol. The quantitative estimate of drug-likeness (QED) is 0.627. The molecule has 0 aromatic carbocycles. The molecule has 3 rings (SSSR count). The lowest BCUT2D eigenvalue weighted by molar-refractivity contribution is -0.123. The normalized spacial score (nSPS) is 26.7. The van der Waals surface area contributed by atoms with Crippen LogP contribution in [0, 0.1) is 5.41 Å². The largest absolute Gasteiger partial charge is 0.294 e. The van der Waals surface area contributed by atoms with E-state index in [2.05, 4.69) is 25.7 Å². The van der Waals surface area contributed by atoms with Gasteiger partial charge in [-0.2, -0.15) is 0 Å². The van der Waals surface area contributed by atoms with Crippen molar-refractivity contribution in [2.24, 2.45) is 5.41 Å². The highest BCUT2D eigenvalue weighted by Crippen LogP contribution is 2.56. The summed E-state index contributed by atoms with van der Waals surface area (Å²) in [7, 11) is -1.52. The lowest BCUT2D eigenvalue weighted by Crippen LogP contribution is -2.37. The lowest BCUT2D eigenvalue weighted by Gasteiger charge is -2.36. The SMILES string of the molecule is C[Si](C)(C)C1=C2CCCC=C2C2(CCCCC2)C1=O. The van der Waals surface area contributed by atoms with Crippen molar-refractivity contribution in [3.63, 3.8) is 0 Å². The molecule has 0 aromatic heterocycles. The average Bonchev–Trinajstić information content (AvgIpc) is 2.61. The van der Waals surface area contributed by atoms with Crippen LogP contribution >= 0.6 is 0 Å². The maximum Gasteiger partial charge on any atom is 0.165 e. The molecule has 0 N–H and O–H groups in total. The standard InChI is InChI=1S/C17H26OSi/c1-19(2,3)15-13-9-5-6-10-14(13)17(16(15)18)11-7-4-8-12-17/h10H,4-9,11-12H2,1-3H3. The zero-order valence-electron chi connectivity index (χ0n) is 12.6. The molecule has 0 heterocycles. The van der Waals surface area contributed by atoms with Gasteiger partial charge in [0.05, 0.1) is 13.5 Å². The van der Waals surface area contributed by atoms with Crippen molar-refractivity contribution in [3.05, 3.63) is 22.4 Å². The van der Waals surface area contributed by atoms with E-state index in [1.165, 1.54) is 54.9 Å². The van der Waals surface area contributed by atoms with E-state index in [0.717, 1.165) is 12.8 Å². The highest BCUT2D eigenvalue weighted by Gasteiger charge is 2.53. The molecule has 1 spiro atoms. The van der Waals surface area contributed by atoms with Crippen LogP contribution in [0.2, 0.25) is 19.6 Å². The number of Topliss-reactive ketones (excluding diaryl/α,β-unsaturated/α-hetero) is 1. The molecule has 0 saturated heterocycles. The van der Waals surface area contributed by atoms with Crippen molar-refractivity contribution in [2.45, 2.75) is 71.0 Å². The molecule has 2 heteroatoms. The predicted molar refractivity (Wildman–Crippen MR) is 82.8 cm³/mol. The topological polar surface area (TPSA) is 17.1 Å². The first-order chi connectivity index (χ1) is 8.97. The van der Waals surface area contributed by atoms with Crippen LogP contribution in [-0.4, -0.2) is 13.9 Å². The lowest BCUT2D eigenvalue weighted by atomic mass is 9.67. The van der Waals surface area contributed by atoms with Crippen molar-refractivity contribution in [1.29, 1.82) is 0 Å². The second kappa shape index (κ2) is 4.44. The molecule has 3 aliphatic rings. The highest BCUT2D eigenvalue weighted by molar-refractivity contribution is 6.88. The van der Waals surface area contributed by atoms with Crippen LogP contribution in [0.5, 0.6) is 0 Å². The minimum Gasteiger partial charge on any atom is -0.294 e. The summed E-state index contributed by atoms with van der Waals surface area (Å²) >= 11 is 0. The minimum absolute atomic E-state index is 0.0659. The van der Waals surface area contributed by atoms with E-state index in [0.29, 0.717) is 5.78 Å². The van der Waals surface area contributed by atoms with E-state index in [4.69, 9.17) is 0 Å². The molecule has 0 atom stereocenters. The van der Waals surface area contributed by atoms with Gasteiger partial charge in [0.15, 0.2) is 5.78 Å². The van der Waals surface area contributed by atoms with Crippen LogP contribution in [0.15, 0.2) is 22.4 Å². The van der Waals surface area contributed by atoms with Crippen molar-refractivity contribution in [1.82, 2.24) is 0 Å². The van der Waals surface area contributed by atoms with Crippen LogP contribution in [0.3, 0.4) is 0 Å². The molecule has 0 unspecified atom stereocenters. The van der Waals surface area contributed by atoms with Gasteiger partial charge in [-0.15, -0.1) is 0 Å². The molecule has 1 fully saturated rings. The van der Waals surface area contributed by atoms with Gasteiger partial charge in [0, 0.05) is 0 Å². The van der Waals surface area contributed by atoms with Crippen LogP contribution in [0.1, 0.15) is 51.4 Å². The first-order valence-electron chi connectivity index (χ1n) is 7.96. The zero-order valence-corrected chi connectivity index (χ0v) is 13.6. The summed E-state index contributed by atoms with van der Waals surface area (Å²) < 4.78 is 0. The first kappa shape index (κ1) is 13.4. The fraction of sp³-hybridized carbons (Fsp3) is 0.706. The third kappa shape index (κ3) is 1.91. The molecule has 0 aliphatic heterocycles. The molecule has 3 aliphatic carbocycles. The van der Waals surface area contributed by atoms with E-state index in [9.17, 15) is 4.79 Å². The van der Waals surface area contributed by atoms with Gasteiger partial charge in [-0.25, -0.2) is 0 Å². The predicted octanol–water partition coefficient (Wildman–Crippen LogP) is 4.80. The van der Waals surface area contributed by atoms with Crippen molar-refractivity contribution in [3.8, 4) is 0 Å². The first-order valence-corrected chi connectivity index (χ1v) is 11.5. The summed E-state index contributed by atoms with van der Waals surface area (Å²) in [6, 6.07) is 0. The third-order valence-corrected chi connectivity index (χ3v) is 7.27. The summed E-state index contributed by atoms with van der Waals surface area (Å²) in [5.41, 5.74) is 2.92. The Hall–Kier alpha value is -0.633. The fourth-order valence-corrected chi connectivity index (χ4v) is 6.56. The van der Waals surface area contributed by atoms with E-state index in [-0.39, 0.29) is 5.41 Å². The van der Waals surface area contributed by atoms with Gasteiger partial charge in [-0.3, -0.25) is 4.79 Å². The zero-order chi connectivity index (χ0) is 13.7. The molecule has 0 aromatic rings. The summed E-state index contributed by atoms with van der Waals surface area (Å²) in [5, 5.41) is 1.31. The van der Waals surface area contributed by atoms with Crippen LogP contribution in [0.25, 0.3) is 0 Å². The monoisotopic (exact) mass is 274 g/mol. The van der Waals surface area contributed by atoms with Gasteiger partial charge in [0.2, 0.25) is 0 Å². The molecule has 1 nitrogen and oxygen atoms in total. The Morgan fingerprint density at radius 2 is 1.74 bits per heavy atom. The molecule has 19 heavy (non-hydrogen) atoms. The number of allylic oxidation sites excluding steroid dienone is 4. The Morgan fingerprint density at radius 3 is 2.37 bits per heavy atom. The summed E-state index contributed by atoms with van der Waals surface area (Å²) in [6.45, 7) is 7.05. The summed E-state index contributed by atoms with van der Waals surface area (Å²) in [5.74, 6) is 0.550. The highest BCUT2D eigenvalue weighted by atomic mass is 28.3. The smallest absolute Gasteiger partial charge is 0.165 e. The molecule has 0 radical (unpaired) electrons. The van der Waals surface area contributed by atoms with Crippen LogP contribution in [-0.2, 0) is 4.79 Å². The molecular weight excluding hydrogens is 248 g/mol. The van der Waals surface area contributed by atoms with Crippen LogP contribution in [0.4, 0.5) is 0 Å². The number of hydrogen-bond acceptors (Lipinski definition) is 1. The van der Waals surface area contributed by atoms with Crippen molar-refractivity contribution >= 4 is 13.9 Å². The minimum atomic E-state index is -1.52. The maximum absolute atomic E-state index is 13.2. The molecule has 0 bridgehead atoms. The Morgan fingerprint density at radius 1 is 1.05 bits per heavy atom. The maximum atomic E-state index is 13.2. The number of fused-ring (bicyclic) bond motifs is 2. The van der Waals surface area contributed by atoms with Crippen molar-refractivity contribution < 1.29 is 4.79 Å². The summed E-state index contributed by atoms with van der Waals surface area (Å²) in [4.78, 5) is 13.2. The summed E-state index contributed by atoms with van der Waals surface area (Å²) in [6.07, 6.45) is 12.1. The van der Waals surface area contributed by atoms with Gasteiger partial charge >= 0.3 is 0 Å². The van der Waals surface area contributed by atoms with E-state index < -0.39 is 8.07 Å². The second-order valence-corrected chi connectivity index (χ2v) is 12.6. The fourth-order valence-electron chi connectivity index (χ4n) is 4.47. The van der Waals surface area contributed by atoms with Crippen LogP contribution < -0.4 is 0 Å². The van der Waals surface area contributed by atoms with Gasteiger partial charge in [-0.1, -0.05) is 45.0 Å². The number of carbonyl (C=O) groups excluding carboxylic acids is 1. The van der Waals surface area contributed by atoms with Gasteiger partial charge in [0.1, 0.15) is 0 Å². The van der Waals surface area contributed by atoms with E-state index in [1.54, 1.807) is 0 Å². The van der Waals surface area contributed by atoms with E-state index in [1.807, 2.05) is 0 Å². The number of ketones is 1. The number of rotatable bonds is 1. The third-order valence-electron chi connectivity index (χ3n) is 5.24. The Kier molecular flexibility index (Phi) is 3.12. The van der Waals surface area contributed by atoms with Gasteiger partial charge in [0.25, 0.3) is 0 Å². The second-order valence-electron chi connectivity index (χ2n) is 7.59. The Labute approximate surface area is 118 Å². The van der Waals surface area contributed by atoms with E-state index >= 15 is 0 Å². The molecular formula is C17H26OSi. The van der Waals surface area contributed by atoms with Crippen molar-refractivity contribution in [2.75, 3.05) is 0 Å². The molecule has 1 saturated carbocycles. The Balaban J connectivity index is 2.13. The Bertz CT molecular complexity index is 470. The molecule has 0 amide bonds. The number of carbonyl (C=O) groups is 1. The van der Waals surface area contributed by atoms with Gasteiger partial charge < -0.3 is 0 Å². The number of hydrogen-bond donors (Lipinski definition) is 0. The van der Waals surface area contributed by atoms with Gasteiger partial charge in [-0.05, 0) is 48.4 Å².